The molecule has 1 aromatic rings. The van der Waals surface area contributed by atoms with Gasteiger partial charge in [-0.3, -0.25) is 0 Å². The molecule has 3 amide bonds. The maximum Gasteiger partial charge on any atom is 0.573 e. The van der Waals surface area contributed by atoms with Crippen molar-refractivity contribution in [3.63, 3.8) is 0 Å². The summed E-state index contributed by atoms with van der Waals surface area (Å²) in [6.45, 7) is 2.87. The van der Waals surface area contributed by atoms with Gasteiger partial charge in [0.2, 0.25) is 0 Å². The van der Waals surface area contributed by atoms with Crippen molar-refractivity contribution in [1.82, 2.24) is 10.2 Å². The van der Waals surface area contributed by atoms with Crippen LogP contribution in [0.3, 0.4) is 0 Å². The Balaban J connectivity index is 1.86. The Bertz CT molecular complexity index is 631. The summed E-state index contributed by atoms with van der Waals surface area (Å²) in [4.78, 5) is 25.2. The van der Waals surface area contributed by atoms with Gasteiger partial charge in [0.15, 0.2) is 5.75 Å². The summed E-state index contributed by atoms with van der Waals surface area (Å²) in [5.41, 5.74) is -0.0914. The molecule has 0 aliphatic carbocycles. The van der Waals surface area contributed by atoms with Crippen LogP contribution in [0.25, 0.3) is 0 Å². The van der Waals surface area contributed by atoms with Gasteiger partial charge in [-0.1, -0.05) is 12.1 Å². The highest BCUT2D eigenvalue weighted by Gasteiger charge is 2.32. The number of likely N-dealkylation sites (tertiary alicyclic amines) is 1. The van der Waals surface area contributed by atoms with E-state index in [1.54, 1.807) is 11.8 Å². The van der Waals surface area contributed by atoms with E-state index in [-0.39, 0.29) is 11.7 Å². The number of carbonyl (C=O) groups excluding carboxylic acids is 2. The van der Waals surface area contributed by atoms with E-state index < -0.39 is 24.2 Å². The van der Waals surface area contributed by atoms with Gasteiger partial charge in [0.1, 0.15) is 0 Å². The lowest BCUT2D eigenvalue weighted by atomic mass is 10.1. The van der Waals surface area contributed by atoms with Crippen LogP contribution in [-0.2, 0) is 4.74 Å². The minimum Gasteiger partial charge on any atom is -0.450 e. The van der Waals surface area contributed by atoms with E-state index in [9.17, 15) is 22.8 Å². The van der Waals surface area contributed by atoms with Crippen LogP contribution < -0.4 is 15.4 Å². The molecule has 0 spiro atoms. The third kappa shape index (κ3) is 6.01. The highest BCUT2D eigenvalue weighted by Crippen LogP contribution is 2.29. The van der Waals surface area contributed by atoms with E-state index in [0.29, 0.717) is 32.5 Å². The quantitative estimate of drug-likeness (QED) is 0.846. The van der Waals surface area contributed by atoms with Gasteiger partial charge >= 0.3 is 18.5 Å². The molecule has 0 bridgehead atoms. The number of alkyl halides is 3. The van der Waals surface area contributed by atoms with E-state index >= 15 is 0 Å². The van der Waals surface area contributed by atoms with Crippen molar-refractivity contribution in [2.75, 3.05) is 25.0 Å². The maximum atomic E-state index is 12.4. The number of hydrogen-bond acceptors (Lipinski definition) is 4. The Hall–Kier alpha value is -2.65. The predicted molar refractivity (Wildman–Crippen MR) is 86.9 cm³/mol. The summed E-state index contributed by atoms with van der Waals surface area (Å²) in [5.74, 6) is -0.493. The van der Waals surface area contributed by atoms with Crippen LogP contribution in [0.2, 0.25) is 0 Å². The molecule has 2 N–H and O–H groups in total. The number of ether oxygens (including phenoxy) is 2. The number of amides is 3. The predicted octanol–water partition coefficient (Wildman–Crippen LogP) is 3.33. The second-order valence-corrected chi connectivity index (χ2v) is 5.60. The summed E-state index contributed by atoms with van der Waals surface area (Å²) in [7, 11) is 0. The van der Waals surface area contributed by atoms with Crippen molar-refractivity contribution in [2.45, 2.75) is 32.2 Å². The first-order valence-corrected chi connectivity index (χ1v) is 8.12. The van der Waals surface area contributed by atoms with Gasteiger partial charge in [0.25, 0.3) is 0 Å². The first-order chi connectivity index (χ1) is 12.3. The number of benzene rings is 1. The van der Waals surface area contributed by atoms with Gasteiger partial charge in [0, 0.05) is 19.1 Å². The Morgan fingerprint density at radius 3 is 2.50 bits per heavy atom. The van der Waals surface area contributed by atoms with Gasteiger partial charge in [0.05, 0.1) is 12.3 Å². The topological polar surface area (TPSA) is 79.9 Å². The minimum atomic E-state index is -4.85. The molecule has 0 radical (unpaired) electrons. The molecule has 1 aromatic carbocycles. The zero-order valence-corrected chi connectivity index (χ0v) is 14.1. The van der Waals surface area contributed by atoms with Crippen LogP contribution in [0.1, 0.15) is 19.8 Å². The first-order valence-electron chi connectivity index (χ1n) is 8.12. The van der Waals surface area contributed by atoms with E-state index in [1.165, 1.54) is 18.2 Å². The number of nitrogens with one attached hydrogen (secondary N) is 2. The highest BCUT2D eigenvalue weighted by atomic mass is 19.4. The normalized spacial score (nSPS) is 15.3. The largest absolute Gasteiger partial charge is 0.573 e. The average molecular weight is 375 g/mol. The third-order valence-electron chi connectivity index (χ3n) is 3.72. The lowest BCUT2D eigenvalue weighted by Crippen LogP contribution is -2.47. The minimum absolute atomic E-state index is 0.0914. The lowest BCUT2D eigenvalue weighted by Gasteiger charge is -2.31. The van der Waals surface area contributed by atoms with E-state index in [1.807, 2.05) is 0 Å². The molecule has 1 heterocycles. The summed E-state index contributed by atoms with van der Waals surface area (Å²) in [6.07, 6.45) is -4.21. The van der Waals surface area contributed by atoms with Crippen molar-refractivity contribution >= 4 is 17.8 Å². The van der Waals surface area contributed by atoms with Crippen molar-refractivity contribution in [2.24, 2.45) is 0 Å². The molecule has 2 rings (SSSR count). The van der Waals surface area contributed by atoms with Gasteiger partial charge in [-0.25, -0.2) is 9.59 Å². The molecule has 26 heavy (non-hydrogen) atoms. The molecule has 144 valence electrons. The molecule has 7 nitrogen and oxygen atoms in total. The molecule has 10 heteroatoms. The second-order valence-electron chi connectivity index (χ2n) is 5.60. The van der Waals surface area contributed by atoms with Crippen LogP contribution in [0.5, 0.6) is 5.75 Å². The van der Waals surface area contributed by atoms with Crippen LogP contribution in [-0.4, -0.2) is 49.1 Å². The smallest absolute Gasteiger partial charge is 0.450 e. The number of rotatable bonds is 4. The van der Waals surface area contributed by atoms with E-state index in [0.717, 1.165) is 6.07 Å². The van der Waals surface area contributed by atoms with E-state index in [4.69, 9.17) is 4.74 Å². The van der Waals surface area contributed by atoms with Gasteiger partial charge < -0.3 is 25.0 Å². The number of carbonyl (C=O) groups is 2. The fraction of sp³-hybridized carbons (Fsp3) is 0.500. The van der Waals surface area contributed by atoms with Crippen LogP contribution >= 0.6 is 0 Å². The number of para-hydroxylation sites is 2. The molecule has 0 unspecified atom stereocenters. The number of urea groups is 1. The fourth-order valence-corrected chi connectivity index (χ4v) is 2.55. The summed E-state index contributed by atoms with van der Waals surface area (Å²) in [6, 6.07) is 4.44. The van der Waals surface area contributed by atoms with Crippen molar-refractivity contribution in [3.8, 4) is 5.75 Å². The molecule has 1 fully saturated rings. The van der Waals surface area contributed by atoms with Crippen molar-refractivity contribution in [1.29, 1.82) is 0 Å². The molecule has 0 atom stereocenters. The van der Waals surface area contributed by atoms with Gasteiger partial charge in [-0.05, 0) is 31.9 Å². The van der Waals surface area contributed by atoms with Crippen molar-refractivity contribution in [3.05, 3.63) is 24.3 Å². The number of piperidine rings is 1. The van der Waals surface area contributed by atoms with Crippen LogP contribution in [0, 0.1) is 0 Å². The molecular weight excluding hydrogens is 355 g/mol. The number of anilines is 1. The Morgan fingerprint density at radius 1 is 1.23 bits per heavy atom. The third-order valence-corrected chi connectivity index (χ3v) is 3.72. The number of nitrogens with zero attached hydrogens (tertiary/aromatic N) is 1. The molecule has 1 aliphatic rings. The van der Waals surface area contributed by atoms with Crippen molar-refractivity contribution < 1.29 is 32.2 Å². The number of hydrogen-bond donors (Lipinski definition) is 2. The Morgan fingerprint density at radius 2 is 1.88 bits per heavy atom. The second kappa shape index (κ2) is 8.63. The lowest BCUT2D eigenvalue weighted by molar-refractivity contribution is -0.274. The number of halogens is 3. The zero-order chi connectivity index (χ0) is 19.2. The van der Waals surface area contributed by atoms with E-state index in [2.05, 4.69) is 15.4 Å². The zero-order valence-electron chi connectivity index (χ0n) is 14.1. The van der Waals surface area contributed by atoms with Crippen LogP contribution in [0.4, 0.5) is 28.4 Å². The monoisotopic (exact) mass is 375 g/mol. The first kappa shape index (κ1) is 19.7. The van der Waals surface area contributed by atoms with Crippen LogP contribution in [0.15, 0.2) is 24.3 Å². The average Bonchev–Trinajstić information content (AvgIpc) is 2.56. The van der Waals surface area contributed by atoms with Gasteiger partial charge in [-0.2, -0.15) is 0 Å². The summed E-state index contributed by atoms with van der Waals surface area (Å²) < 4.78 is 46.0. The SMILES string of the molecule is CCOC(=O)N1CCC(NC(=O)Nc2ccccc2OC(F)(F)F)CC1. The fourth-order valence-electron chi connectivity index (χ4n) is 2.55. The maximum absolute atomic E-state index is 12.4. The van der Waals surface area contributed by atoms with Gasteiger partial charge in [-0.15, -0.1) is 13.2 Å². The molecule has 0 saturated carbocycles. The Labute approximate surface area is 148 Å². The standard InChI is InChI=1S/C16H20F3N3O4/c1-2-25-15(24)22-9-7-11(8-10-22)20-14(23)21-12-5-3-4-6-13(12)26-16(17,18)19/h3-6,11H,2,7-10H2,1H3,(H2,20,21,23). The highest BCUT2D eigenvalue weighted by molar-refractivity contribution is 5.91. The molecule has 1 aliphatic heterocycles. The Kier molecular flexibility index (Phi) is 6.53. The molecule has 1 saturated heterocycles. The summed E-state index contributed by atoms with van der Waals surface area (Å²) in [5, 5.41) is 5.04. The molecular formula is C16H20F3N3O4. The summed E-state index contributed by atoms with van der Waals surface area (Å²) >= 11 is 0. The molecule has 0 aromatic heterocycles.